The number of rotatable bonds is 16. The normalized spacial score (nSPS) is 21.0. The van der Waals surface area contributed by atoms with Crippen LogP contribution in [0.25, 0.3) is 0 Å². The fourth-order valence-corrected chi connectivity index (χ4v) is 5.07. The van der Waals surface area contributed by atoms with Gasteiger partial charge < -0.3 is 4.74 Å². The van der Waals surface area contributed by atoms with E-state index in [0.717, 1.165) is 50.9 Å². The van der Waals surface area contributed by atoms with Gasteiger partial charge in [0.15, 0.2) is 0 Å². The molecule has 1 saturated carbocycles. The predicted octanol–water partition coefficient (Wildman–Crippen LogP) is 9.34. The average Bonchev–Trinajstić information content (AvgIpc) is 2.81. The van der Waals surface area contributed by atoms with Gasteiger partial charge in [0.25, 0.3) is 0 Å². The molecule has 1 aromatic carbocycles. The summed E-state index contributed by atoms with van der Waals surface area (Å²) in [5, 5.41) is 9.87. The lowest BCUT2D eigenvalue weighted by molar-refractivity contribution is 0.222. The van der Waals surface area contributed by atoms with Gasteiger partial charge in [0, 0.05) is 0 Å². The minimum atomic E-state index is -0.0541. The Balaban J connectivity index is 1.67. The first-order valence-corrected chi connectivity index (χ1v) is 13.4. The molecule has 1 fully saturated rings. The number of benzene rings is 1. The van der Waals surface area contributed by atoms with E-state index in [1.807, 2.05) is 0 Å². The van der Waals surface area contributed by atoms with Gasteiger partial charge in [0.1, 0.15) is 5.75 Å². The van der Waals surface area contributed by atoms with E-state index < -0.39 is 0 Å². The zero-order valence-corrected chi connectivity index (χ0v) is 20.5. The van der Waals surface area contributed by atoms with Crippen LogP contribution in [0.4, 0.5) is 0 Å². The first kappa shape index (κ1) is 25.8. The SMILES string of the molecule is CCCCCCCCOc1ccc(C2CCC(C#N)(CCCCCCCC)CC2)cc1. The van der Waals surface area contributed by atoms with Crippen LogP contribution in [0, 0.1) is 16.7 Å². The van der Waals surface area contributed by atoms with Gasteiger partial charge in [-0.05, 0) is 62.1 Å². The first-order valence-electron chi connectivity index (χ1n) is 13.4. The summed E-state index contributed by atoms with van der Waals surface area (Å²) in [5.74, 6) is 1.61. The van der Waals surface area contributed by atoms with Crippen molar-refractivity contribution in [3.8, 4) is 11.8 Å². The third-order valence-electron chi connectivity index (χ3n) is 7.31. The van der Waals surface area contributed by atoms with Crippen molar-refractivity contribution in [1.82, 2.24) is 0 Å². The monoisotopic (exact) mass is 425 g/mol. The molecular weight excluding hydrogens is 378 g/mol. The summed E-state index contributed by atoms with van der Waals surface area (Å²) < 4.78 is 5.94. The van der Waals surface area contributed by atoms with Crippen LogP contribution in [-0.4, -0.2) is 6.61 Å². The lowest BCUT2D eigenvalue weighted by atomic mass is 9.67. The summed E-state index contributed by atoms with van der Waals surface area (Å²) in [6, 6.07) is 11.5. The van der Waals surface area contributed by atoms with E-state index in [4.69, 9.17) is 4.74 Å². The molecule has 0 aromatic heterocycles. The number of ether oxygens (including phenoxy) is 1. The Bertz CT molecular complexity index is 607. The fourth-order valence-electron chi connectivity index (χ4n) is 5.07. The quantitative estimate of drug-likeness (QED) is 0.247. The molecule has 0 atom stereocenters. The van der Waals surface area contributed by atoms with E-state index in [1.165, 1.54) is 76.2 Å². The van der Waals surface area contributed by atoms with E-state index in [1.54, 1.807) is 0 Å². The Morgan fingerprint density at radius 2 is 1.35 bits per heavy atom. The summed E-state index contributed by atoms with van der Waals surface area (Å²) in [6.07, 6.45) is 21.2. The van der Waals surface area contributed by atoms with E-state index in [2.05, 4.69) is 44.2 Å². The molecule has 2 rings (SSSR count). The summed E-state index contributed by atoms with van der Waals surface area (Å²) in [5.41, 5.74) is 1.37. The van der Waals surface area contributed by atoms with Gasteiger partial charge in [-0.1, -0.05) is 96.6 Å². The van der Waals surface area contributed by atoms with E-state index in [9.17, 15) is 5.26 Å². The van der Waals surface area contributed by atoms with Gasteiger partial charge in [0.2, 0.25) is 0 Å². The molecule has 0 spiro atoms. The Morgan fingerprint density at radius 1 is 0.806 bits per heavy atom. The third-order valence-corrected chi connectivity index (χ3v) is 7.31. The predicted molar refractivity (Wildman–Crippen MR) is 133 cm³/mol. The first-order chi connectivity index (χ1) is 15.2. The molecule has 2 nitrogen and oxygen atoms in total. The molecule has 174 valence electrons. The zero-order chi connectivity index (χ0) is 22.2. The standard InChI is InChI=1S/C29H47NO/c1-3-5-7-9-11-13-21-29(25-30)22-19-27(20-23-29)26-15-17-28(18-16-26)31-24-14-12-10-8-6-4-2/h15-18,27H,3-14,19-24H2,1-2H3. The van der Waals surface area contributed by atoms with Crippen molar-refractivity contribution in [2.24, 2.45) is 5.41 Å². The highest BCUT2D eigenvalue weighted by Crippen LogP contribution is 2.45. The number of nitriles is 1. The minimum Gasteiger partial charge on any atom is -0.494 e. The molecule has 0 amide bonds. The Hall–Kier alpha value is -1.49. The second kappa shape index (κ2) is 15.3. The topological polar surface area (TPSA) is 33.0 Å². The molecule has 1 aliphatic rings. The van der Waals surface area contributed by atoms with Crippen LogP contribution in [0.1, 0.15) is 134 Å². The maximum atomic E-state index is 9.87. The van der Waals surface area contributed by atoms with Gasteiger partial charge in [-0.15, -0.1) is 0 Å². The van der Waals surface area contributed by atoms with E-state index >= 15 is 0 Å². The van der Waals surface area contributed by atoms with Crippen LogP contribution in [0.5, 0.6) is 5.75 Å². The third kappa shape index (κ3) is 9.67. The molecule has 1 aromatic rings. The number of hydrogen-bond donors (Lipinski definition) is 0. The van der Waals surface area contributed by atoms with Crippen molar-refractivity contribution in [3.63, 3.8) is 0 Å². The van der Waals surface area contributed by atoms with E-state index in [-0.39, 0.29) is 5.41 Å². The number of nitrogens with zero attached hydrogens (tertiary/aromatic N) is 1. The molecular formula is C29H47NO. The van der Waals surface area contributed by atoms with Crippen molar-refractivity contribution in [3.05, 3.63) is 29.8 Å². The minimum absolute atomic E-state index is 0.0541. The van der Waals surface area contributed by atoms with E-state index in [0.29, 0.717) is 5.92 Å². The fraction of sp³-hybridized carbons (Fsp3) is 0.759. The summed E-state index contributed by atoms with van der Waals surface area (Å²) in [7, 11) is 0. The highest BCUT2D eigenvalue weighted by molar-refractivity contribution is 5.30. The van der Waals surface area contributed by atoms with Crippen molar-refractivity contribution < 1.29 is 4.74 Å². The zero-order valence-electron chi connectivity index (χ0n) is 20.5. The van der Waals surface area contributed by atoms with Crippen molar-refractivity contribution in [1.29, 1.82) is 5.26 Å². The van der Waals surface area contributed by atoms with Crippen LogP contribution < -0.4 is 4.74 Å². The maximum absolute atomic E-state index is 9.87. The van der Waals surface area contributed by atoms with Crippen molar-refractivity contribution in [2.75, 3.05) is 6.61 Å². The number of hydrogen-bond acceptors (Lipinski definition) is 2. The number of unbranched alkanes of at least 4 members (excludes halogenated alkanes) is 10. The molecule has 2 heteroatoms. The Kier molecular flexibility index (Phi) is 12.7. The Morgan fingerprint density at radius 3 is 1.94 bits per heavy atom. The van der Waals surface area contributed by atoms with Crippen LogP contribution in [0.2, 0.25) is 0 Å². The second-order valence-corrected chi connectivity index (χ2v) is 9.87. The molecule has 0 unspecified atom stereocenters. The molecule has 31 heavy (non-hydrogen) atoms. The van der Waals surface area contributed by atoms with Crippen molar-refractivity contribution in [2.45, 2.75) is 129 Å². The molecule has 1 aliphatic carbocycles. The average molecular weight is 426 g/mol. The van der Waals surface area contributed by atoms with Gasteiger partial charge in [-0.2, -0.15) is 5.26 Å². The molecule has 0 bridgehead atoms. The van der Waals surface area contributed by atoms with Crippen LogP contribution in [-0.2, 0) is 0 Å². The molecule has 0 N–H and O–H groups in total. The second-order valence-electron chi connectivity index (χ2n) is 9.87. The lowest BCUT2D eigenvalue weighted by Crippen LogP contribution is -2.25. The largest absolute Gasteiger partial charge is 0.494 e. The van der Waals surface area contributed by atoms with Gasteiger partial charge in [0.05, 0.1) is 18.1 Å². The highest BCUT2D eigenvalue weighted by atomic mass is 16.5. The summed E-state index contributed by atoms with van der Waals surface area (Å²) in [4.78, 5) is 0. The molecule has 0 saturated heterocycles. The van der Waals surface area contributed by atoms with Gasteiger partial charge in [-0.3, -0.25) is 0 Å². The van der Waals surface area contributed by atoms with Gasteiger partial charge >= 0.3 is 0 Å². The van der Waals surface area contributed by atoms with Crippen LogP contribution in [0.3, 0.4) is 0 Å². The van der Waals surface area contributed by atoms with Gasteiger partial charge in [-0.25, -0.2) is 0 Å². The smallest absolute Gasteiger partial charge is 0.119 e. The molecule has 0 radical (unpaired) electrons. The van der Waals surface area contributed by atoms with Crippen molar-refractivity contribution >= 4 is 0 Å². The lowest BCUT2D eigenvalue weighted by Gasteiger charge is -2.35. The summed E-state index contributed by atoms with van der Waals surface area (Å²) >= 11 is 0. The maximum Gasteiger partial charge on any atom is 0.119 e. The summed E-state index contributed by atoms with van der Waals surface area (Å²) in [6.45, 7) is 5.36. The Labute approximate surface area is 192 Å². The molecule has 0 aliphatic heterocycles. The highest BCUT2D eigenvalue weighted by Gasteiger charge is 2.35. The molecule has 0 heterocycles. The van der Waals surface area contributed by atoms with Crippen LogP contribution in [0.15, 0.2) is 24.3 Å². The van der Waals surface area contributed by atoms with Crippen LogP contribution >= 0.6 is 0 Å².